The average Bonchev–Trinajstić information content (AvgIpc) is 2.57. The zero-order chi connectivity index (χ0) is 9.97. The minimum atomic E-state index is -0.981. The van der Waals surface area contributed by atoms with Crippen LogP contribution in [-0.4, -0.2) is 21.0 Å². The first-order chi connectivity index (χ1) is 6.75. The van der Waals surface area contributed by atoms with Gasteiger partial charge in [-0.25, -0.2) is 9.78 Å². The molecule has 0 unspecified atom stereocenters. The number of carbonyl (C=O) groups is 1. The van der Waals surface area contributed by atoms with E-state index in [1.54, 1.807) is 0 Å². The molecule has 0 aliphatic carbocycles. The standard InChI is InChI=1S/C10H8N2O2.ClH/c13-10(14)6-5-9-11-7-3-1-2-4-8(7)12-9;/h1-6H,(H,11,12)(H,13,14);1H/b6-5+;. The lowest BCUT2D eigenvalue weighted by Gasteiger charge is -1.81. The molecule has 15 heavy (non-hydrogen) atoms. The quantitative estimate of drug-likeness (QED) is 0.768. The van der Waals surface area contributed by atoms with Crippen LogP contribution in [0.5, 0.6) is 0 Å². The number of nitrogens with one attached hydrogen (secondary N) is 1. The Hall–Kier alpha value is -1.81. The Morgan fingerprint density at radius 3 is 2.80 bits per heavy atom. The van der Waals surface area contributed by atoms with E-state index in [1.807, 2.05) is 24.3 Å². The Morgan fingerprint density at radius 2 is 2.13 bits per heavy atom. The molecule has 0 bridgehead atoms. The van der Waals surface area contributed by atoms with Gasteiger partial charge in [-0.15, -0.1) is 12.4 Å². The van der Waals surface area contributed by atoms with Crippen LogP contribution in [0, 0.1) is 0 Å². The number of para-hydroxylation sites is 2. The maximum absolute atomic E-state index is 10.3. The van der Waals surface area contributed by atoms with Crippen LogP contribution in [0.1, 0.15) is 5.82 Å². The number of carboxylic acids is 1. The second-order valence-electron chi connectivity index (χ2n) is 2.81. The summed E-state index contributed by atoms with van der Waals surface area (Å²) in [6.07, 6.45) is 2.49. The Balaban J connectivity index is 0.00000112. The maximum atomic E-state index is 10.3. The van der Waals surface area contributed by atoms with Crippen molar-refractivity contribution in [2.45, 2.75) is 0 Å². The summed E-state index contributed by atoms with van der Waals surface area (Å²) in [5, 5.41) is 8.42. The summed E-state index contributed by atoms with van der Waals surface area (Å²) in [4.78, 5) is 17.4. The predicted octanol–water partition coefficient (Wildman–Crippen LogP) is 2.08. The van der Waals surface area contributed by atoms with Crippen molar-refractivity contribution < 1.29 is 9.90 Å². The number of fused-ring (bicyclic) bond motifs is 1. The van der Waals surface area contributed by atoms with Crippen molar-refractivity contribution in [2.75, 3.05) is 0 Å². The molecule has 78 valence electrons. The molecule has 0 fully saturated rings. The molecule has 1 aromatic heterocycles. The van der Waals surface area contributed by atoms with Gasteiger partial charge in [-0.2, -0.15) is 0 Å². The van der Waals surface area contributed by atoms with Crippen LogP contribution >= 0.6 is 12.4 Å². The second-order valence-corrected chi connectivity index (χ2v) is 2.81. The van der Waals surface area contributed by atoms with E-state index in [9.17, 15) is 4.79 Å². The third kappa shape index (κ3) is 2.57. The zero-order valence-corrected chi connectivity index (χ0v) is 8.49. The van der Waals surface area contributed by atoms with Crippen LogP contribution in [0.15, 0.2) is 30.3 Å². The van der Waals surface area contributed by atoms with Gasteiger partial charge in [0.1, 0.15) is 5.82 Å². The fourth-order valence-electron chi connectivity index (χ4n) is 1.20. The summed E-state index contributed by atoms with van der Waals surface area (Å²) in [6, 6.07) is 7.53. The van der Waals surface area contributed by atoms with Crippen molar-refractivity contribution >= 4 is 35.5 Å². The SMILES string of the molecule is Cl.O=C(O)/C=C/c1nc2ccccc2[nH]1. The fourth-order valence-corrected chi connectivity index (χ4v) is 1.20. The largest absolute Gasteiger partial charge is 0.478 e. The minimum absolute atomic E-state index is 0. The first kappa shape index (κ1) is 11.3. The summed E-state index contributed by atoms with van der Waals surface area (Å²) in [5.41, 5.74) is 1.73. The average molecular weight is 225 g/mol. The third-order valence-electron chi connectivity index (χ3n) is 1.79. The Morgan fingerprint density at radius 1 is 1.40 bits per heavy atom. The smallest absolute Gasteiger partial charge is 0.328 e. The Kier molecular flexibility index (Phi) is 3.46. The molecule has 0 radical (unpaired) electrons. The zero-order valence-electron chi connectivity index (χ0n) is 7.68. The molecule has 2 aromatic rings. The van der Waals surface area contributed by atoms with E-state index in [4.69, 9.17) is 5.11 Å². The summed E-state index contributed by atoms with van der Waals surface area (Å²) < 4.78 is 0. The van der Waals surface area contributed by atoms with Crippen LogP contribution in [0.2, 0.25) is 0 Å². The topological polar surface area (TPSA) is 66.0 Å². The van der Waals surface area contributed by atoms with Gasteiger partial charge < -0.3 is 10.1 Å². The molecule has 0 amide bonds. The molecule has 4 nitrogen and oxygen atoms in total. The molecule has 1 aromatic carbocycles. The molecule has 2 N–H and O–H groups in total. The van der Waals surface area contributed by atoms with E-state index in [2.05, 4.69) is 9.97 Å². The van der Waals surface area contributed by atoms with Crippen molar-refractivity contribution in [1.29, 1.82) is 0 Å². The highest BCUT2D eigenvalue weighted by Crippen LogP contribution is 2.10. The van der Waals surface area contributed by atoms with Crippen molar-refractivity contribution in [3.8, 4) is 0 Å². The van der Waals surface area contributed by atoms with Gasteiger partial charge >= 0.3 is 5.97 Å². The maximum Gasteiger partial charge on any atom is 0.328 e. The lowest BCUT2D eigenvalue weighted by Crippen LogP contribution is -1.86. The van der Waals surface area contributed by atoms with Crippen molar-refractivity contribution in [3.05, 3.63) is 36.2 Å². The molecule has 5 heteroatoms. The van der Waals surface area contributed by atoms with E-state index in [0.29, 0.717) is 5.82 Å². The van der Waals surface area contributed by atoms with E-state index in [1.165, 1.54) is 6.08 Å². The van der Waals surface area contributed by atoms with Crippen molar-refractivity contribution in [3.63, 3.8) is 0 Å². The highest BCUT2D eigenvalue weighted by molar-refractivity contribution is 5.86. The Bertz CT molecular complexity index is 472. The molecular formula is C10H9ClN2O2. The number of halogens is 1. The van der Waals surface area contributed by atoms with Crippen LogP contribution in [0.4, 0.5) is 0 Å². The van der Waals surface area contributed by atoms with Crippen molar-refractivity contribution in [2.24, 2.45) is 0 Å². The predicted molar refractivity (Wildman–Crippen MR) is 60.0 cm³/mol. The van der Waals surface area contributed by atoms with Gasteiger partial charge in [-0.05, 0) is 18.2 Å². The molecule has 0 saturated heterocycles. The van der Waals surface area contributed by atoms with Crippen LogP contribution in [-0.2, 0) is 4.79 Å². The molecule has 0 saturated carbocycles. The van der Waals surface area contributed by atoms with E-state index in [-0.39, 0.29) is 12.4 Å². The Labute approximate surface area is 92.1 Å². The number of carboxylic acid groups (broad SMARTS) is 1. The van der Waals surface area contributed by atoms with Gasteiger partial charge in [0, 0.05) is 6.08 Å². The highest BCUT2D eigenvalue weighted by Gasteiger charge is 1.98. The second kappa shape index (κ2) is 4.61. The number of H-pyrrole nitrogens is 1. The molecule has 0 spiro atoms. The summed E-state index contributed by atoms with van der Waals surface area (Å²) in [5.74, 6) is -0.431. The van der Waals surface area contributed by atoms with Crippen LogP contribution < -0.4 is 0 Å². The van der Waals surface area contributed by atoms with E-state index < -0.39 is 5.97 Å². The monoisotopic (exact) mass is 224 g/mol. The number of nitrogens with zero attached hydrogens (tertiary/aromatic N) is 1. The summed E-state index contributed by atoms with van der Waals surface area (Å²) >= 11 is 0. The first-order valence-electron chi connectivity index (χ1n) is 4.11. The lowest BCUT2D eigenvalue weighted by molar-refractivity contribution is -0.131. The highest BCUT2D eigenvalue weighted by atomic mass is 35.5. The van der Waals surface area contributed by atoms with Gasteiger partial charge in [0.25, 0.3) is 0 Å². The number of aromatic nitrogens is 2. The molecule has 2 rings (SSSR count). The fraction of sp³-hybridized carbons (Fsp3) is 0. The summed E-state index contributed by atoms with van der Waals surface area (Å²) in [7, 11) is 0. The molecule has 1 heterocycles. The number of imidazole rings is 1. The van der Waals surface area contributed by atoms with E-state index in [0.717, 1.165) is 17.1 Å². The van der Waals surface area contributed by atoms with Gasteiger partial charge in [-0.1, -0.05) is 12.1 Å². The van der Waals surface area contributed by atoms with Gasteiger partial charge in [0.15, 0.2) is 0 Å². The number of hydrogen-bond donors (Lipinski definition) is 2. The summed E-state index contributed by atoms with van der Waals surface area (Å²) in [6.45, 7) is 0. The number of aliphatic carboxylic acids is 1. The van der Waals surface area contributed by atoms with Crippen LogP contribution in [0.25, 0.3) is 17.1 Å². The number of rotatable bonds is 2. The minimum Gasteiger partial charge on any atom is -0.478 e. The van der Waals surface area contributed by atoms with Gasteiger partial charge in [0.2, 0.25) is 0 Å². The molecular weight excluding hydrogens is 216 g/mol. The molecule has 0 atom stereocenters. The number of benzene rings is 1. The third-order valence-corrected chi connectivity index (χ3v) is 1.79. The van der Waals surface area contributed by atoms with E-state index >= 15 is 0 Å². The lowest BCUT2D eigenvalue weighted by atomic mass is 10.3. The molecule has 0 aliphatic rings. The normalized spacial score (nSPS) is 10.4. The molecule has 0 aliphatic heterocycles. The van der Waals surface area contributed by atoms with Crippen LogP contribution in [0.3, 0.4) is 0 Å². The van der Waals surface area contributed by atoms with Gasteiger partial charge in [0.05, 0.1) is 11.0 Å². The first-order valence-corrected chi connectivity index (χ1v) is 4.11. The number of hydrogen-bond acceptors (Lipinski definition) is 2. The van der Waals surface area contributed by atoms with Crippen molar-refractivity contribution in [1.82, 2.24) is 9.97 Å². The van der Waals surface area contributed by atoms with Gasteiger partial charge in [-0.3, -0.25) is 0 Å². The number of aromatic amines is 1.